The summed E-state index contributed by atoms with van der Waals surface area (Å²) in [5.41, 5.74) is 1.63. The molecule has 0 saturated carbocycles. The minimum atomic E-state index is -9.74. The predicted octanol–water partition coefficient (Wildman–Crippen LogP) is 3.72. The molecule has 0 spiro atoms. The topological polar surface area (TPSA) is 81.6 Å². The molecule has 4 rings (SSSR count). The summed E-state index contributed by atoms with van der Waals surface area (Å²) in [6.07, 6.45) is 3.11. The van der Waals surface area contributed by atoms with Gasteiger partial charge in [0, 0.05) is 37.2 Å². The number of fused-ring (bicyclic) bond motifs is 2. The average molecular weight is 437 g/mol. The molecule has 2 N–H and O–H groups in total. The van der Waals surface area contributed by atoms with Gasteiger partial charge in [0.25, 0.3) is 5.91 Å². The van der Waals surface area contributed by atoms with Gasteiger partial charge in [-0.2, -0.15) is 0 Å². The maximum Gasteiger partial charge on any atom is 0.310 e. The number of hydrogen-bond donors (Lipinski definition) is 2. The van der Waals surface area contributed by atoms with Crippen LogP contribution in [0.3, 0.4) is 0 Å². The van der Waals surface area contributed by atoms with E-state index < -0.39 is 21.0 Å². The third-order valence-electron chi connectivity index (χ3n) is 5.09. The third kappa shape index (κ3) is 3.67. The fourth-order valence-corrected chi connectivity index (χ4v) is 4.46. The van der Waals surface area contributed by atoms with Crippen molar-refractivity contribution in [3.05, 3.63) is 42.2 Å². The first kappa shape index (κ1) is 19.6. The Balaban J connectivity index is 1.52. The van der Waals surface area contributed by atoms with Crippen LogP contribution < -0.4 is 15.3 Å². The molecule has 2 bridgehead atoms. The lowest BCUT2D eigenvalue weighted by molar-refractivity contribution is 0.0705. The van der Waals surface area contributed by atoms with Crippen molar-refractivity contribution in [1.29, 1.82) is 0 Å². The largest absolute Gasteiger partial charge is 0.365 e. The Morgan fingerprint density at radius 1 is 1.07 bits per heavy atom. The minimum absolute atomic E-state index is 0.0649. The van der Waals surface area contributed by atoms with Crippen molar-refractivity contribution >= 4 is 27.8 Å². The molecule has 13 heteroatoms. The molecule has 2 aliphatic heterocycles. The summed E-state index contributed by atoms with van der Waals surface area (Å²) in [4.78, 5) is 21.1. The van der Waals surface area contributed by atoms with Gasteiger partial charge in [-0.25, -0.2) is 15.4 Å². The number of amides is 1. The van der Waals surface area contributed by atoms with Gasteiger partial charge in [0.1, 0.15) is 4.90 Å². The van der Waals surface area contributed by atoms with E-state index in [9.17, 15) is 24.2 Å². The fraction of sp³-hybridized carbons (Fsp3) is 0.312. The molecule has 29 heavy (non-hydrogen) atoms. The van der Waals surface area contributed by atoms with Crippen molar-refractivity contribution in [3.8, 4) is 0 Å². The first-order chi connectivity index (χ1) is 13.4. The van der Waals surface area contributed by atoms with Crippen molar-refractivity contribution in [2.45, 2.75) is 23.4 Å². The van der Waals surface area contributed by atoms with E-state index in [0.29, 0.717) is 37.6 Å². The highest BCUT2D eigenvalue weighted by Gasteiger charge is 2.65. The van der Waals surface area contributed by atoms with Crippen LogP contribution in [0.4, 0.5) is 31.1 Å². The van der Waals surface area contributed by atoms with Crippen LogP contribution in [0.2, 0.25) is 0 Å². The number of benzene rings is 1. The van der Waals surface area contributed by atoms with Crippen LogP contribution in [0.1, 0.15) is 16.8 Å². The fourth-order valence-electron chi connectivity index (χ4n) is 3.78. The summed E-state index contributed by atoms with van der Waals surface area (Å²) >= 11 is 0. The van der Waals surface area contributed by atoms with Gasteiger partial charge in [0.05, 0.1) is 11.6 Å². The monoisotopic (exact) mass is 437 g/mol. The van der Waals surface area contributed by atoms with Gasteiger partial charge in [0.15, 0.2) is 0 Å². The lowest BCUT2D eigenvalue weighted by Crippen LogP contribution is -2.47. The molecule has 7 nitrogen and oxygen atoms in total. The van der Waals surface area contributed by atoms with Crippen LogP contribution in [-0.4, -0.2) is 46.3 Å². The number of hydrogen-bond acceptors (Lipinski definition) is 6. The molecule has 0 unspecified atom stereocenters. The van der Waals surface area contributed by atoms with E-state index in [1.807, 2.05) is 4.90 Å². The normalized spacial score (nSPS) is 23.7. The molecule has 2 aromatic rings. The Bertz CT molecular complexity index is 973. The number of nitrogens with one attached hydrogen (secondary N) is 1. The Kier molecular flexibility index (Phi) is 3.85. The zero-order valence-corrected chi connectivity index (χ0v) is 15.5. The van der Waals surface area contributed by atoms with Gasteiger partial charge in [-0.05, 0) is 24.6 Å². The highest BCUT2D eigenvalue weighted by Crippen LogP contribution is 3.02. The molecular weight excluding hydrogens is 421 g/mol. The second kappa shape index (κ2) is 5.69. The van der Waals surface area contributed by atoms with E-state index in [1.165, 1.54) is 23.9 Å². The SMILES string of the molecule is O=C(NO)c1cnc(N2C[C@@H]3C[C@@H]2CN3c2cccc(S(F)(F)(F)(F)F)c2)nc1. The Hall–Kier alpha value is -2.67. The summed E-state index contributed by atoms with van der Waals surface area (Å²) < 4.78 is 65.6. The van der Waals surface area contributed by atoms with Crippen LogP contribution in [0.5, 0.6) is 0 Å². The molecular formula is C16H16F5N5O2S. The van der Waals surface area contributed by atoms with E-state index in [-0.39, 0.29) is 23.3 Å². The van der Waals surface area contributed by atoms with Crippen LogP contribution in [-0.2, 0) is 0 Å². The number of carbonyl (C=O) groups is 1. The second-order valence-corrected chi connectivity index (χ2v) is 9.44. The number of rotatable bonds is 4. The lowest BCUT2D eigenvalue weighted by atomic mass is 10.2. The first-order valence-corrected chi connectivity index (χ1v) is 10.4. The average Bonchev–Trinajstić information content (AvgIpc) is 3.27. The van der Waals surface area contributed by atoms with Gasteiger partial charge < -0.3 is 9.80 Å². The van der Waals surface area contributed by atoms with Crippen molar-refractivity contribution in [2.75, 3.05) is 22.9 Å². The summed E-state index contributed by atoms with van der Waals surface area (Å²) in [7, 11) is -9.74. The molecule has 3 heterocycles. The van der Waals surface area contributed by atoms with Crippen LogP contribution >= 0.6 is 10.2 Å². The standard InChI is InChI=1S/C16H16F5N5O2S/c17-29(18,19,20,21)14-3-1-2-11(5-14)25-8-13-4-12(25)9-26(13)16-22-6-10(7-23-16)15(27)24-28/h1-3,5-7,12-13,28H,4,8-9H2,(H,24,27)/t12-,13+/m0/s1. The van der Waals surface area contributed by atoms with Crippen molar-refractivity contribution in [1.82, 2.24) is 15.4 Å². The molecule has 2 aliphatic rings. The number of anilines is 2. The van der Waals surface area contributed by atoms with E-state index in [4.69, 9.17) is 5.21 Å². The van der Waals surface area contributed by atoms with E-state index in [2.05, 4.69) is 9.97 Å². The summed E-state index contributed by atoms with van der Waals surface area (Å²) in [6, 6.07) is 2.98. The smallest absolute Gasteiger partial charge is 0.310 e. The highest BCUT2D eigenvalue weighted by molar-refractivity contribution is 8.45. The lowest BCUT2D eigenvalue weighted by Gasteiger charge is -2.41. The summed E-state index contributed by atoms with van der Waals surface area (Å²) in [5.74, 6) is -0.415. The number of nitrogens with zero attached hydrogens (tertiary/aromatic N) is 4. The first-order valence-electron chi connectivity index (χ1n) is 8.49. The van der Waals surface area contributed by atoms with Gasteiger partial charge in [-0.15, -0.1) is 0 Å². The van der Waals surface area contributed by atoms with Gasteiger partial charge in [-0.1, -0.05) is 25.5 Å². The Morgan fingerprint density at radius 3 is 2.24 bits per heavy atom. The molecule has 2 fully saturated rings. The van der Waals surface area contributed by atoms with E-state index in [1.54, 1.807) is 4.90 Å². The number of hydroxylamine groups is 1. The van der Waals surface area contributed by atoms with Gasteiger partial charge in [0.2, 0.25) is 5.95 Å². The second-order valence-electron chi connectivity index (χ2n) is 7.03. The van der Waals surface area contributed by atoms with Gasteiger partial charge >= 0.3 is 10.2 Å². The van der Waals surface area contributed by atoms with Crippen molar-refractivity contribution in [3.63, 3.8) is 0 Å². The van der Waals surface area contributed by atoms with Crippen LogP contribution in [0.15, 0.2) is 41.6 Å². The predicted molar refractivity (Wildman–Crippen MR) is 96.0 cm³/mol. The number of halogens is 5. The number of piperazine rings is 1. The zero-order chi connectivity index (χ0) is 21.1. The van der Waals surface area contributed by atoms with Crippen molar-refractivity contribution < 1.29 is 29.4 Å². The van der Waals surface area contributed by atoms with Crippen molar-refractivity contribution in [2.24, 2.45) is 0 Å². The van der Waals surface area contributed by atoms with Gasteiger partial charge in [-0.3, -0.25) is 10.0 Å². The molecule has 158 valence electrons. The molecule has 1 aromatic carbocycles. The maximum absolute atomic E-state index is 13.1. The molecule has 1 amide bonds. The Morgan fingerprint density at radius 2 is 1.69 bits per heavy atom. The summed E-state index contributed by atoms with van der Waals surface area (Å²) in [6.45, 7) is 0.730. The maximum atomic E-state index is 13.1. The molecule has 1 aromatic heterocycles. The highest BCUT2D eigenvalue weighted by atomic mass is 32.5. The minimum Gasteiger partial charge on any atom is -0.365 e. The molecule has 0 aliphatic carbocycles. The van der Waals surface area contributed by atoms with E-state index >= 15 is 0 Å². The molecule has 2 atom stereocenters. The third-order valence-corrected chi connectivity index (χ3v) is 6.24. The molecule has 0 radical (unpaired) electrons. The zero-order valence-electron chi connectivity index (χ0n) is 14.7. The summed E-state index contributed by atoms with van der Waals surface area (Å²) in [5, 5.41) is 8.61. The molecule has 2 saturated heterocycles. The van der Waals surface area contributed by atoms with E-state index in [0.717, 1.165) is 6.07 Å². The van der Waals surface area contributed by atoms with Crippen LogP contribution in [0.25, 0.3) is 0 Å². The van der Waals surface area contributed by atoms with Crippen LogP contribution in [0, 0.1) is 0 Å². The quantitative estimate of drug-likeness (QED) is 0.431. The number of aromatic nitrogens is 2. The number of carbonyl (C=O) groups excluding carboxylic acids is 1. The Labute approximate surface area is 161 Å².